The SMILES string of the molecule is COC1C(O)OC(N)=C2OC21O. The summed E-state index contributed by atoms with van der Waals surface area (Å²) in [7, 11) is 1.33. The molecule has 6 heteroatoms. The van der Waals surface area contributed by atoms with Crippen LogP contribution in [0.2, 0.25) is 0 Å². The Hall–Kier alpha value is -0.980. The summed E-state index contributed by atoms with van der Waals surface area (Å²) >= 11 is 0. The van der Waals surface area contributed by atoms with Gasteiger partial charge >= 0.3 is 5.79 Å². The molecular formula is C6H9NO5. The van der Waals surface area contributed by atoms with Gasteiger partial charge in [0, 0.05) is 7.11 Å². The fourth-order valence-corrected chi connectivity index (χ4v) is 1.26. The van der Waals surface area contributed by atoms with Crippen molar-refractivity contribution in [2.24, 2.45) is 5.73 Å². The smallest absolute Gasteiger partial charge is 0.305 e. The monoisotopic (exact) mass is 175 g/mol. The lowest BCUT2D eigenvalue weighted by Gasteiger charge is -2.25. The summed E-state index contributed by atoms with van der Waals surface area (Å²) in [6.45, 7) is 0. The highest BCUT2D eigenvalue weighted by molar-refractivity contribution is 5.27. The van der Waals surface area contributed by atoms with Crippen LogP contribution in [0.15, 0.2) is 11.6 Å². The van der Waals surface area contributed by atoms with Crippen LogP contribution in [0, 0.1) is 0 Å². The third kappa shape index (κ3) is 0.739. The minimum atomic E-state index is -1.59. The van der Waals surface area contributed by atoms with E-state index in [0.717, 1.165) is 0 Å². The average Bonchev–Trinajstić information content (AvgIpc) is 2.63. The lowest BCUT2D eigenvalue weighted by Crippen LogP contribution is -2.46. The van der Waals surface area contributed by atoms with E-state index in [1.807, 2.05) is 0 Å². The molecule has 68 valence electrons. The summed E-state index contributed by atoms with van der Waals surface area (Å²) in [4.78, 5) is 0. The fraction of sp³-hybridized carbons (Fsp3) is 0.667. The molecule has 2 rings (SSSR count). The van der Waals surface area contributed by atoms with E-state index < -0.39 is 18.2 Å². The summed E-state index contributed by atoms with van der Waals surface area (Å²) in [6, 6.07) is 0. The fourth-order valence-electron chi connectivity index (χ4n) is 1.26. The third-order valence-corrected chi connectivity index (χ3v) is 1.91. The van der Waals surface area contributed by atoms with Gasteiger partial charge in [0.1, 0.15) is 0 Å². The normalized spacial score (nSPS) is 44.6. The second-order valence-corrected chi connectivity index (χ2v) is 2.66. The highest BCUT2D eigenvalue weighted by atomic mass is 16.8. The predicted molar refractivity (Wildman–Crippen MR) is 35.1 cm³/mol. The van der Waals surface area contributed by atoms with Crippen molar-refractivity contribution < 1.29 is 24.4 Å². The van der Waals surface area contributed by atoms with Crippen LogP contribution < -0.4 is 5.73 Å². The third-order valence-electron chi connectivity index (χ3n) is 1.91. The van der Waals surface area contributed by atoms with Gasteiger partial charge in [-0.1, -0.05) is 0 Å². The maximum Gasteiger partial charge on any atom is 0.305 e. The van der Waals surface area contributed by atoms with Crippen LogP contribution in [-0.2, 0) is 14.2 Å². The number of epoxide rings is 1. The molecule has 6 nitrogen and oxygen atoms in total. The first-order valence-corrected chi connectivity index (χ1v) is 3.38. The molecule has 0 aliphatic carbocycles. The van der Waals surface area contributed by atoms with E-state index in [0.29, 0.717) is 0 Å². The Balaban J connectivity index is 2.30. The van der Waals surface area contributed by atoms with Crippen LogP contribution in [0.4, 0.5) is 0 Å². The predicted octanol–water partition coefficient (Wildman–Crippen LogP) is -1.80. The second kappa shape index (κ2) is 2.03. The second-order valence-electron chi connectivity index (χ2n) is 2.66. The van der Waals surface area contributed by atoms with Gasteiger partial charge in [-0.2, -0.15) is 0 Å². The molecule has 3 atom stereocenters. The Kier molecular flexibility index (Phi) is 1.30. The van der Waals surface area contributed by atoms with Crippen molar-refractivity contribution >= 4 is 0 Å². The summed E-state index contributed by atoms with van der Waals surface area (Å²) < 4.78 is 14.2. The zero-order valence-corrected chi connectivity index (χ0v) is 6.35. The number of aliphatic hydroxyl groups excluding tert-OH is 1. The van der Waals surface area contributed by atoms with Crippen LogP contribution in [-0.4, -0.2) is 35.5 Å². The van der Waals surface area contributed by atoms with Crippen molar-refractivity contribution in [2.75, 3.05) is 7.11 Å². The molecule has 0 saturated carbocycles. The van der Waals surface area contributed by atoms with E-state index in [-0.39, 0.29) is 11.6 Å². The van der Waals surface area contributed by atoms with Crippen molar-refractivity contribution in [1.29, 1.82) is 0 Å². The van der Waals surface area contributed by atoms with E-state index in [4.69, 9.17) is 19.9 Å². The van der Waals surface area contributed by atoms with Gasteiger partial charge in [0.05, 0.1) is 0 Å². The average molecular weight is 175 g/mol. The van der Waals surface area contributed by atoms with Crippen molar-refractivity contribution in [3.63, 3.8) is 0 Å². The number of hydrogen-bond donors (Lipinski definition) is 3. The number of aliphatic hydroxyl groups is 2. The van der Waals surface area contributed by atoms with Crippen LogP contribution in [0.3, 0.4) is 0 Å². The molecule has 1 fully saturated rings. The number of ether oxygens (including phenoxy) is 3. The van der Waals surface area contributed by atoms with Gasteiger partial charge in [0.25, 0.3) is 0 Å². The number of methoxy groups -OCH3 is 1. The van der Waals surface area contributed by atoms with Gasteiger partial charge in [-0.05, 0) is 0 Å². The topological polar surface area (TPSA) is 97.5 Å². The number of hydrogen-bond acceptors (Lipinski definition) is 6. The quantitative estimate of drug-likeness (QED) is 0.407. The van der Waals surface area contributed by atoms with E-state index in [9.17, 15) is 10.2 Å². The first-order valence-electron chi connectivity index (χ1n) is 3.38. The van der Waals surface area contributed by atoms with Gasteiger partial charge in [-0.3, -0.25) is 0 Å². The number of nitrogens with two attached hydrogens (primary N) is 1. The molecule has 3 unspecified atom stereocenters. The number of rotatable bonds is 1. The molecule has 0 spiro atoms. The van der Waals surface area contributed by atoms with E-state index >= 15 is 0 Å². The van der Waals surface area contributed by atoms with Crippen LogP contribution in [0.5, 0.6) is 0 Å². The zero-order chi connectivity index (χ0) is 8.93. The molecule has 4 N–H and O–H groups in total. The Bertz CT molecular complexity index is 252. The Morgan fingerprint density at radius 2 is 2.33 bits per heavy atom. The van der Waals surface area contributed by atoms with E-state index in [2.05, 4.69) is 0 Å². The van der Waals surface area contributed by atoms with Crippen LogP contribution in [0.25, 0.3) is 0 Å². The highest BCUT2D eigenvalue weighted by Crippen LogP contribution is 2.48. The molecule has 2 aliphatic rings. The molecule has 2 heterocycles. The van der Waals surface area contributed by atoms with Gasteiger partial charge < -0.3 is 30.2 Å². The minimum Gasteiger partial charge on any atom is -0.444 e. The van der Waals surface area contributed by atoms with Crippen molar-refractivity contribution in [1.82, 2.24) is 0 Å². The van der Waals surface area contributed by atoms with Crippen molar-refractivity contribution in [3.8, 4) is 0 Å². The summed E-state index contributed by atoms with van der Waals surface area (Å²) in [6.07, 6.45) is -2.24. The molecule has 0 aromatic carbocycles. The molecule has 0 amide bonds. The summed E-state index contributed by atoms with van der Waals surface area (Å²) in [5, 5.41) is 18.7. The molecule has 0 aromatic rings. The summed E-state index contributed by atoms with van der Waals surface area (Å²) in [5.41, 5.74) is 5.27. The van der Waals surface area contributed by atoms with Gasteiger partial charge in [0.2, 0.25) is 17.9 Å². The number of fused-ring (bicyclic) bond motifs is 1. The van der Waals surface area contributed by atoms with Crippen molar-refractivity contribution in [3.05, 3.63) is 11.6 Å². The molecule has 0 bridgehead atoms. The Morgan fingerprint density at radius 3 is 2.92 bits per heavy atom. The van der Waals surface area contributed by atoms with Gasteiger partial charge in [0.15, 0.2) is 6.10 Å². The van der Waals surface area contributed by atoms with Gasteiger partial charge in [-0.25, -0.2) is 0 Å². The zero-order valence-electron chi connectivity index (χ0n) is 6.35. The maximum absolute atomic E-state index is 9.52. The molecule has 0 radical (unpaired) electrons. The largest absolute Gasteiger partial charge is 0.444 e. The van der Waals surface area contributed by atoms with E-state index in [1.54, 1.807) is 0 Å². The molecular weight excluding hydrogens is 166 g/mol. The molecule has 1 saturated heterocycles. The lowest BCUT2D eigenvalue weighted by atomic mass is 10.1. The first kappa shape index (κ1) is 7.66. The van der Waals surface area contributed by atoms with E-state index in [1.165, 1.54) is 7.11 Å². The standard InChI is InChI=1S/C6H9NO5/c1-10-3-5(8)11-4(7)2-6(3,9)12-2/h3,5,8-9H,7H2,1H3. The maximum atomic E-state index is 9.52. The van der Waals surface area contributed by atoms with Crippen LogP contribution >= 0.6 is 0 Å². The van der Waals surface area contributed by atoms with Gasteiger partial charge in [-0.15, -0.1) is 0 Å². The molecule has 0 aromatic heterocycles. The van der Waals surface area contributed by atoms with Crippen molar-refractivity contribution in [2.45, 2.75) is 18.2 Å². The lowest BCUT2D eigenvalue weighted by molar-refractivity contribution is -0.213. The molecule has 12 heavy (non-hydrogen) atoms. The summed E-state index contributed by atoms with van der Waals surface area (Å²) in [5.74, 6) is -1.56. The Morgan fingerprint density at radius 1 is 1.67 bits per heavy atom. The minimum absolute atomic E-state index is 0.0988. The Labute approximate surface area is 68.1 Å². The highest BCUT2D eigenvalue weighted by Gasteiger charge is 2.67. The van der Waals surface area contributed by atoms with Crippen LogP contribution in [0.1, 0.15) is 0 Å². The molecule has 2 aliphatic heterocycles. The first-order chi connectivity index (χ1) is 5.59.